The number of alkyl halides is 1. The molecule has 0 aliphatic heterocycles. The fourth-order valence-corrected chi connectivity index (χ4v) is 3.34. The average Bonchev–Trinajstić information content (AvgIpc) is 2.64. The molecule has 0 aliphatic rings. The van der Waals surface area contributed by atoms with E-state index < -0.39 is 10.0 Å². The van der Waals surface area contributed by atoms with Crippen molar-refractivity contribution in [2.24, 2.45) is 5.92 Å². The van der Waals surface area contributed by atoms with Crippen molar-refractivity contribution in [2.75, 3.05) is 12.4 Å². The molecule has 1 atom stereocenters. The standard InChI is InChI=1S/C11H20ClN3O2S/c1-8(7-12)5-4-6-13-18(16,17)11-9(2)14-15-10(11)3/h8,13H,4-7H2,1-3H3,(H,14,15). The van der Waals surface area contributed by atoms with Gasteiger partial charge in [-0.2, -0.15) is 5.10 Å². The fourth-order valence-electron chi connectivity index (χ4n) is 1.74. The third-order valence-corrected chi connectivity index (χ3v) is 5.01. The molecule has 1 heterocycles. The largest absolute Gasteiger partial charge is 0.281 e. The van der Waals surface area contributed by atoms with Gasteiger partial charge in [-0.25, -0.2) is 13.1 Å². The summed E-state index contributed by atoms with van der Waals surface area (Å²) in [6.45, 7) is 5.84. The van der Waals surface area contributed by atoms with Crippen molar-refractivity contribution < 1.29 is 8.42 Å². The van der Waals surface area contributed by atoms with Gasteiger partial charge in [0.25, 0.3) is 0 Å². The Balaban J connectivity index is 2.56. The van der Waals surface area contributed by atoms with Crippen LogP contribution >= 0.6 is 11.6 Å². The number of H-pyrrole nitrogens is 1. The second-order valence-electron chi connectivity index (χ2n) is 4.56. The Labute approximate surface area is 113 Å². The van der Waals surface area contributed by atoms with Crippen LogP contribution in [0.5, 0.6) is 0 Å². The van der Waals surface area contributed by atoms with E-state index in [0.717, 1.165) is 12.8 Å². The Morgan fingerprint density at radius 1 is 1.44 bits per heavy atom. The van der Waals surface area contributed by atoms with Crippen LogP contribution in [0.4, 0.5) is 0 Å². The lowest BCUT2D eigenvalue weighted by Gasteiger charge is -2.09. The van der Waals surface area contributed by atoms with Crippen molar-refractivity contribution in [3.63, 3.8) is 0 Å². The van der Waals surface area contributed by atoms with Crippen LogP contribution in [0.25, 0.3) is 0 Å². The van der Waals surface area contributed by atoms with Gasteiger partial charge in [-0.3, -0.25) is 5.10 Å². The molecule has 0 aliphatic carbocycles. The fraction of sp³-hybridized carbons (Fsp3) is 0.727. The lowest BCUT2D eigenvalue weighted by Crippen LogP contribution is -2.26. The molecule has 0 fully saturated rings. The van der Waals surface area contributed by atoms with Gasteiger partial charge in [0.15, 0.2) is 0 Å². The van der Waals surface area contributed by atoms with Crippen LogP contribution in [-0.2, 0) is 10.0 Å². The van der Waals surface area contributed by atoms with Crippen LogP contribution in [0.2, 0.25) is 0 Å². The normalized spacial score (nSPS) is 13.8. The second kappa shape index (κ2) is 6.54. The van der Waals surface area contributed by atoms with Gasteiger partial charge in [-0.05, 0) is 32.6 Å². The summed E-state index contributed by atoms with van der Waals surface area (Å²) < 4.78 is 26.7. The van der Waals surface area contributed by atoms with Gasteiger partial charge in [0.2, 0.25) is 10.0 Å². The molecule has 18 heavy (non-hydrogen) atoms. The first kappa shape index (κ1) is 15.5. The summed E-state index contributed by atoms with van der Waals surface area (Å²) in [6, 6.07) is 0. The smallest absolute Gasteiger partial charge is 0.244 e. The number of nitrogens with zero attached hydrogens (tertiary/aromatic N) is 1. The van der Waals surface area contributed by atoms with E-state index in [0.29, 0.717) is 29.7 Å². The molecule has 1 rings (SSSR count). The van der Waals surface area contributed by atoms with E-state index >= 15 is 0 Å². The van der Waals surface area contributed by atoms with E-state index in [1.165, 1.54) is 0 Å². The van der Waals surface area contributed by atoms with Crippen molar-refractivity contribution >= 4 is 21.6 Å². The lowest BCUT2D eigenvalue weighted by molar-refractivity contribution is 0.543. The van der Waals surface area contributed by atoms with Gasteiger partial charge in [0.05, 0.1) is 11.4 Å². The highest BCUT2D eigenvalue weighted by Crippen LogP contribution is 2.16. The maximum atomic E-state index is 12.1. The van der Waals surface area contributed by atoms with Crippen LogP contribution in [-0.4, -0.2) is 31.0 Å². The van der Waals surface area contributed by atoms with E-state index in [2.05, 4.69) is 14.9 Å². The molecule has 5 nitrogen and oxygen atoms in total. The molecule has 0 spiro atoms. The van der Waals surface area contributed by atoms with Crippen molar-refractivity contribution in [1.82, 2.24) is 14.9 Å². The molecule has 1 aromatic heterocycles. The lowest BCUT2D eigenvalue weighted by atomic mass is 10.1. The number of aromatic amines is 1. The Kier molecular flexibility index (Phi) is 5.62. The van der Waals surface area contributed by atoms with Crippen LogP contribution in [0.3, 0.4) is 0 Å². The van der Waals surface area contributed by atoms with E-state index in [-0.39, 0.29) is 4.90 Å². The van der Waals surface area contributed by atoms with Gasteiger partial charge < -0.3 is 0 Å². The van der Waals surface area contributed by atoms with Gasteiger partial charge in [-0.1, -0.05) is 6.92 Å². The van der Waals surface area contributed by atoms with Crippen LogP contribution in [0.15, 0.2) is 4.90 Å². The molecule has 0 amide bonds. The zero-order valence-electron chi connectivity index (χ0n) is 11.0. The molecule has 1 aromatic rings. The van der Waals surface area contributed by atoms with E-state index in [4.69, 9.17) is 11.6 Å². The van der Waals surface area contributed by atoms with Gasteiger partial charge in [-0.15, -0.1) is 11.6 Å². The first-order valence-corrected chi connectivity index (χ1v) is 7.97. The Morgan fingerprint density at radius 3 is 2.61 bits per heavy atom. The van der Waals surface area contributed by atoms with Gasteiger partial charge in [0.1, 0.15) is 4.90 Å². The Morgan fingerprint density at radius 2 is 2.11 bits per heavy atom. The zero-order valence-corrected chi connectivity index (χ0v) is 12.5. The highest BCUT2D eigenvalue weighted by atomic mass is 35.5. The Bertz CT molecular complexity index is 465. The maximum Gasteiger partial charge on any atom is 0.244 e. The minimum Gasteiger partial charge on any atom is -0.281 e. The summed E-state index contributed by atoms with van der Waals surface area (Å²) in [5.41, 5.74) is 1.06. The van der Waals surface area contributed by atoms with Crippen molar-refractivity contribution in [3.05, 3.63) is 11.4 Å². The molecule has 7 heteroatoms. The second-order valence-corrected chi connectivity index (χ2v) is 6.58. The number of halogens is 1. The molecule has 1 unspecified atom stereocenters. The predicted octanol–water partition coefficient (Wildman–Crippen LogP) is 1.96. The van der Waals surface area contributed by atoms with Crippen molar-refractivity contribution in [2.45, 2.75) is 38.5 Å². The summed E-state index contributed by atoms with van der Waals surface area (Å²) >= 11 is 5.69. The van der Waals surface area contributed by atoms with E-state index in [9.17, 15) is 8.42 Å². The number of aryl methyl sites for hydroxylation is 2. The third-order valence-electron chi connectivity index (χ3n) is 2.76. The molecule has 0 radical (unpaired) electrons. The zero-order chi connectivity index (χ0) is 13.8. The number of sulfonamides is 1. The van der Waals surface area contributed by atoms with Gasteiger partial charge >= 0.3 is 0 Å². The minimum absolute atomic E-state index is 0.257. The van der Waals surface area contributed by atoms with Crippen molar-refractivity contribution in [3.8, 4) is 0 Å². The highest BCUT2D eigenvalue weighted by molar-refractivity contribution is 7.89. The molecule has 0 saturated carbocycles. The summed E-state index contributed by atoms with van der Waals surface area (Å²) in [7, 11) is -3.46. The summed E-state index contributed by atoms with van der Waals surface area (Å²) in [6.07, 6.45) is 1.69. The summed E-state index contributed by atoms with van der Waals surface area (Å²) in [4.78, 5) is 0.257. The maximum absolute atomic E-state index is 12.1. The minimum atomic E-state index is -3.46. The van der Waals surface area contributed by atoms with E-state index in [1.807, 2.05) is 6.92 Å². The summed E-state index contributed by atoms with van der Waals surface area (Å²) in [5.74, 6) is 1.01. The van der Waals surface area contributed by atoms with Gasteiger partial charge in [0, 0.05) is 12.4 Å². The third kappa shape index (κ3) is 3.96. The number of nitrogens with one attached hydrogen (secondary N) is 2. The number of hydrogen-bond donors (Lipinski definition) is 2. The van der Waals surface area contributed by atoms with Crippen molar-refractivity contribution in [1.29, 1.82) is 0 Å². The first-order chi connectivity index (χ1) is 8.38. The molecular formula is C11H20ClN3O2S. The quantitative estimate of drug-likeness (QED) is 0.596. The van der Waals surface area contributed by atoms with Crippen LogP contribution in [0, 0.1) is 19.8 Å². The monoisotopic (exact) mass is 293 g/mol. The van der Waals surface area contributed by atoms with Crippen LogP contribution < -0.4 is 4.72 Å². The first-order valence-electron chi connectivity index (χ1n) is 5.95. The molecule has 0 bridgehead atoms. The SMILES string of the molecule is Cc1n[nH]c(C)c1S(=O)(=O)NCCCC(C)CCl. The van der Waals surface area contributed by atoms with E-state index in [1.54, 1.807) is 13.8 Å². The molecule has 0 aromatic carbocycles. The highest BCUT2D eigenvalue weighted by Gasteiger charge is 2.21. The molecule has 2 N–H and O–H groups in total. The summed E-state index contributed by atoms with van der Waals surface area (Å²) in [5, 5.41) is 6.56. The number of hydrogen-bond acceptors (Lipinski definition) is 3. The number of rotatable bonds is 7. The molecule has 0 saturated heterocycles. The van der Waals surface area contributed by atoms with Crippen LogP contribution in [0.1, 0.15) is 31.2 Å². The topological polar surface area (TPSA) is 74.8 Å². The average molecular weight is 294 g/mol. The number of aromatic nitrogens is 2. The Hall–Kier alpha value is -0.590. The predicted molar refractivity (Wildman–Crippen MR) is 72.4 cm³/mol. The molecule has 104 valence electrons. The molecular weight excluding hydrogens is 274 g/mol.